The molecule has 3 rings (SSSR count). The molecule has 0 saturated carbocycles. The van der Waals surface area contributed by atoms with Gasteiger partial charge in [-0.1, -0.05) is 0 Å². The summed E-state index contributed by atoms with van der Waals surface area (Å²) in [5, 5.41) is 7.19. The lowest BCUT2D eigenvalue weighted by molar-refractivity contribution is 0.0941. The van der Waals surface area contributed by atoms with Gasteiger partial charge in [0.2, 0.25) is 0 Å². The lowest BCUT2D eigenvalue weighted by atomic mass is 10.1. The van der Waals surface area contributed by atoms with Crippen LogP contribution in [0.5, 0.6) is 0 Å². The molecule has 1 aromatic carbocycles. The van der Waals surface area contributed by atoms with Crippen molar-refractivity contribution in [3.8, 4) is 11.3 Å². The lowest BCUT2D eigenvalue weighted by Gasteiger charge is -2.04. The number of nitrogens with zero attached hydrogens (tertiary/aromatic N) is 2. The molecule has 0 bridgehead atoms. The van der Waals surface area contributed by atoms with Gasteiger partial charge in [0.1, 0.15) is 23.0 Å². The number of furan rings is 1. The molecular formula is C18H18FN3O2. The van der Waals surface area contributed by atoms with Gasteiger partial charge in [-0.05, 0) is 50.2 Å². The van der Waals surface area contributed by atoms with Crippen molar-refractivity contribution < 1.29 is 13.6 Å². The van der Waals surface area contributed by atoms with Crippen LogP contribution in [0.2, 0.25) is 0 Å². The minimum atomic E-state index is -0.307. The Morgan fingerprint density at radius 1 is 1.25 bits per heavy atom. The van der Waals surface area contributed by atoms with Gasteiger partial charge in [-0.15, -0.1) is 0 Å². The van der Waals surface area contributed by atoms with Gasteiger partial charge in [0, 0.05) is 24.7 Å². The van der Waals surface area contributed by atoms with Gasteiger partial charge in [0.15, 0.2) is 0 Å². The largest absolute Gasteiger partial charge is 0.466 e. The molecule has 124 valence electrons. The van der Waals surface area contributed by atoms with Crippen molar-refractivity contribution in [2.24, 2.45) is 7.05 Å². The Morgan fingerprint density at radius 3 is 2.58 bits per heavy atom. The molecule has 2 aromatic heterocycles. The molecule has 0 saturated heterocycles. The van der Waals surface area contributed by atoms with E-state index < -0.39 is 0 Å². The highest BCUT2D eigenvalue weighted by Gasteiger charge is 2.15. The summed E-state index contributed by atoms with van der Waals surface area (Å²) in [6.45, 7) is 4.12. The molecule has 0 fully saturated rings. The third kappa shape index (κ3) is 3.22. The van der Waals surface area contributed by atoms with Gasteiger partial charge in [-0.25, -0.2) is 4.39 Å². The van der Waals surface area contributed by atoms with Gasteiger partial charge in [0.05, 0.1) is 5.69 Å². The summed E-state index contributed by atoms with van der Waals surface area (Å²) in [5.74, 6) is 1.08. The monoisotopic (exact) mass is 327 g/mol. The van der Waals surface area contributed by atoms with E-state index in [0.29, 0.717) is 17.9 Å². The maximum absolute atomic E-state index is 13.0. The average molecular weight is 327 g/mol. The summed E-state index contributed by atoms with van der Waals surface area (Å²) in [6, 6.07) is 9.61. The van der Waals surface area contributed by atoms with Crippen molar-refractivity contribution in [2.75, 3.05) is 0 Å². The lowest BCUT2D eigenvalue weighted by Crippen LogP contribution is -2.25. The average Bonchev–Trinajstić information content (AvgIpc) is 3.08. The van der Waals surface area contributed by atoms with Gasteiger partial charge in [-0.2, -0.15) is 5.10 Å². The van der Waals surface area contributed by atoms with E-state index in [1.165, 1.54) is 16.8 Å². The number of aromatic nitrogens is 2. The highest BCUT2D eigenvalue weighted by molar-refractivity contribution is 5.93. The molecular weight excluding hydrogens is 309 g/mol. The van der Waals surface area contributed by atoms with E-state index in [9.17, 15) is 9.18 Å². The van der Waals surface area contributed by atoms with Crippen LogP contribution in [-0.4, -0.2) is 15.7 Å². The molecule has 6 heteroatoms. The van der Waals surface area contributed by atoms with Gasteiger partial charge in [0.25, 0.3) is 5.91 Å². The second kappa shape index (κ2) is 6.31. The minimum Gasteiger partial charge on any atom is -0.466 e. The van der Waals surface area contributed by atoms with Crippen LogP contribution in [0.3, 0.4) is 0 Å². The fourth-order valence-electron chi connectivity index (χ4n) is 2.57. The summed E-state index contributed by atoms with van der Waals surface area (Å²) in [7, 11) is 1.70. The number of halogens is 1. The first-order valence-corrected chi connectivity index (χ1v) is 7.58. The number of rotatable bonds is 4. The molecule has 2 heterocycles. The summed E-state index contributed by atoms with van der Waals surface area (Å²) in [4.78, 5) is 12.4. The van der Waals surface area contributed by atoms with Gasteiger partial charge < -0.3 is 9.73 Å². The number of aryl methyl sites for hydroxylation is 3. The summed E-state index contributed by atoms with van der Waals surface area (Å²) in [6.07, 6.45) is 0. The van der Waals surface area contributed by atoms with Crippen molar-refractivity contribution in [1.29, 1.82) is 0 Å². The van der Waals surface area contributed by atoms with Crippen LogP contribution in [0.25, 0.3) is 11.3 Å². The minimum absolute atomic E-state index is 0.225. The molecule has 0 unspecified atom stereocenters. The predicted molar refractivity (Wildman–Crippen MR) is 88.0 cm³/mol. The van der Waals surface area contributed by atoms with Crippen LogP contribution >= 0.6 is 0 Å². The van der Waals surface area contributed by atoms with Crippen LogP contribution < -0.4 is 5.32 Å². The fraction of sp³-hybridized carbons (Fsp3) is 0.222. The normalized spacial score (nSPS) is 10.8. The first kappa shape index (κ1) is 16.0. The molecule has 0 spiro atoms. The molecule has 5 nitrogen and oxygen atoms in total. The maximum Gasteiger partial charge on any atom is 0.269 e. The molecule has 3 aromatic rings. The molecule has 24 heavy (non-hydrogen) atoms. The molecule has 1 N–H and O–H groups in total. The number of benzene rings is 1. The highest BCUT2D eigenvalue weighted by Crippen LogP contribution is 2.19. The molecule has 0 aliphatic carbocycles. The number of amides is 1. The van der Waals surface area contributed by atoms with Crippen LogP contribution in [-0.2, 0) is 13.6 Å². The van der Waals surface area contributed by atoms with Gasteiger partial charge in [-0.3, -0.25) is 9.48 Å². The third-order valence-corrected chi connectivity index (χ3v) is 3.84. The van der Waals surface area contributed by atoms with Crippen molar-refractivity contribution in [3.63, 3.8) is 0 Å². The Hall–Kier alpha value is -2.89. The van der Waals surface area contributed by atoms with E-state index in [4.69, 9.17) is 4.42 Å². The number of hydrogen-bond donors (Lipinski definition) is 1. The standard InChI is InChI=1S/C18H18FN3O2/c1-11-8-14(12(2)24-11)10-20-18(23)17-9-16(21-22(17)3)13-4-6-15(19)7-5-13/h4-9H,10H2,1-3H3,(H,20,23). The summed E-state index contributed by atoms with van der Waals surface area (Å²) < 4.78 is 20.0. The zero-order valence-electron chi connectivity index (χ0n) is 13.8. The third-order valence-electron chi connectivity index (χ3n) is 3.84. The van der Waals surface area contributed by atoms with E-state index in [2.05, 4.69) is 10.4 Å². The second-order valence-corrected chi connectivity index (χ2v) is 5.67. The fourth-order valence-corrected chi connectivity index (χ4v) is 2.57. The van der Waals surface area contributed by atoms with Crippen molar-refractivity contribution in [1.82, 2.24) is 15.1 Å². The Labute approximate surface area is 139 Å². The van der Waals surface area contributed by atoms with Crippen molar-refractivity contribution in [2.45, 2.75) is 20.4 Å². The molecule has 0 radical (unpaired) electrons. The number of nitrogens with one attached hydrogen (secondary N) is 1. The second-order valence-electron chi connectivity index (χ2n) is 5.67. The Kier molecular flexibility index (Phi) is 4.20. The zero-order valence-corrected chi connectivity index (χ0v) is 13.8. The van der Waals surface area contributed by atoms with Crippen molar-refractivity contribution in [3.05, 3.63) is 65.0 Å². The smallest absolute Gasteiger partial charge is 0.269 e. The Bertz CT molecular complexity index is 878. The molecule has 0 atom stereocenters. The van der Waals surface area contributed by atoms with E-state index in [0.717, 1.165) is 22.6 Å². The SMILES string of the molecule is Cc1cc(CNC(=O)c2cc(-c3ccc(F)cc3)nn2C)c(C)o1. The Morgan fingerprint density at radius 2 is 1.96 bits per heavy atom. The highest BCUT2D eigenvalue weighted by atomic mass is 19.1. The maximum atomic E-state index is 13.0. The van der Waals surface area contributed by atoms with Crippen LogP contribution in [0.4, 0.5) is 4.39 Å². The quantitative estimate of drug-likeness (QED) is 0.799. The molecule has 0 aliphatic heterocycles. The number of carbonyl (C=O) groups excluding carboxylic acids is 1. The molecule has 0 aliphatic rings. The summed E-state index contributed by atoms with van der Waals surface area (Å²) >= 11 is 0. The van der Waals surface area contributed by atoms with Crippen LogP contribution in [0.15, 0.2) is 40.8 Å². The molecule has 1 amide bonds. The first-order chi connectivity index (χ1) is 11.4. The van der Waals surface area contributed by atoms with E-state index in [1.807, 2.05) is 19.9 Å². The Balaban J connectivity index is 1.75. The van der Waals surface area contributed by atoms with Gasteiger partial charge >= 0.3 is 0 Å². The zero-order chi connectivity index (χ0) is 17.3. The number of hydrogen-bond acceptors (Lipinski definition) is 3. The van der Waals surface area contributed by atoms with Crippen LogP contribution in [0.1, 0.15) is 27.6 Å². The van der Waals surface area contributed by atoms with E-state index >= 15 is 0 Å². The summed E-state index contributed by atoms with van der Waals surface area (Å²) in [5.41, 5.74) is 2.76. The predicted octanol–water partition coefficient (Wildman–Crippen LogP) is 3.37. The van der Waals surface area contributed by atoms with Crippen LogP contribution in [0, 0.1) is 19.7 Å². The van der Waals surface area contributed by atoms with E-state index in [-0.39, 0.29) is 11.7 Å². The van der Waals surface area contributed by atoms with E-state index in [1.54, 1.807) is 25.2 Å². The van der Waals surface area contributed by atoms with Crippen molar-refractivity contribution >= 4 is 5.91 Å². The topological polar surface area (TPSA) is 60.1 Å². The number of carbonyl (C=O) groups is 1. The first-order valence-electron chi connectivity index (χ1n) is 7.58.